The van der Waals surface area contributed by atoms with Gasteiger partial charge in [-0.25, -0.2) is 5.43 Å². The molecule has 0 bridgehead atoms. The van der Waals surface area contributed by atoms with Gasteiger partial charge >= 0.3 is 0 Å². The monoisotopic (exact) mass is 448 g/mol. The second-order valence-electron chi connectivity index (χ2n) is 5.27. The van der Waals surface area contributed by atoms with Gasteiger partial charge in [0.05, 0.1) is 0 Å². The Morgan fingerprint density at radius 1 is 0.929 bits per heavy atom. The molecule has 173 valence electrons. The second-order valence-corrected chi connectivity index (χ2v) is 5.27. The van der Waals surface area contributed by atoms with E-state index >= 15 is 0 Å². The van der Waals surface area contributed by atoms with Crippen molar-refractivity contribution in [1.29, 1.82) is 0 Å². The summed E-state index contributed by atoms with van der Waals surface area (Å²) < 4.78 is 0. The Kier molecular flexibility index (Phi) is 44.5. The quantitative estimate of drug-likeness (QED) is 0.213. The zero-order valence-corrected chi connectivity index (χ0v) is 18.3. The SMILES string of the molecule is CC(C)=NNC(=O)CCCCCN1C(=O)C=CC1=O.CCC.[Co].[NH2-].[NH2-].[NH2-].[NH2-].[NH2-]. The van der Waals surface area contributed by atoms with E-state index in [4.69, 9.17) is 0 Å². The maximum Gasteiger partial charge on any atom is 0.253 e. The summed E-state index contributed by atoms with van der Waals surface area (Å²) in [7, 11) is 0. The number of unbranched alkanes of at least 4 members (excludes halogenated alkanes) is 2. The van der Waals surface area contributed by atoms with Gasteiger partial charge in [0.2, 0.25) is 5.91 Å². The van der Waals surface area contributed by atoms with E-state index in [1.54, 1.807) is 13.8 Å². The fourth-order valence-electron chi connectivity index (χ4n) is 1.61. The first kappa shape index (κ1) is 45.2. The molecule has 11 N–H and O–H groups in total. The molecular formula is C16H37CoN8O3-5. The molecule has 0 fully saturated rings. The van der Waals surface area contributed by atoms with Gasteiger partial charge in [0.25, 0.3) is 11.8 Å². The zero-order chi connectivity index (χ0) is 17.0. The minimum atomic E-state index is -0.254. The number of imide groups is 1. The average molecular weight is 448 g/mol. The molecule has 0 spiro atoms. The van der Waals surface area contributed by atoms with E-state index < -0.39 is 0 Å². The number of carbonyl (C=O) groups excluding carboxylic acids is 3. The van der Waals surface area contributed by atoms with E-state index in [1.807, 2.05) is 0 Å². The first-order valence-corrected chi connectivity index (χ1v) is 7.75. The molecule has 0 atom stereocenters. The van der Waals surface area contributed by atoms with E-state index in [0.717, 1.165) is 12.1 Å². The van der Waals surface area contributed by atoms with Crippen LogP contribution in [0.25, 0.3) is 30.8 Å². The molecule has 0 aliphatic carbocycles. The van der Waals surface area contributed by atoms with Gasteiger partial charge in [0, 0.05) is 47.6 Å². The maximum absolute atomic E-state index is 11.3. The van der Waals surface area contributed by atoms with E-state index in [9.17, 15) is 14.4 Å². The van der Waals surface area contributed by atoms with Crippen molar-refractivity contribution in [3.63, 3.8) is 0 Å². The summed E-state index contributed by atoms with van der Waals surface area (Å²) in [6.07, 6.45) is 6.42. The first-order chi connectivity index (χ1) is 10.4. The smallest absolute Gasteiger partial charge is 0.253 e. The molecule has 0 aromatic heterocycles. The topological polar surface area (TPSA) is 246 Å². The van der Waals surface area contributed by atoms with Crippen LogP contribution in [0.2, 0.25) is 0 Å². The number of amides is 3. The molecule has 12 heteroatoms. The summed E-state index contributed by atoms with van der Waals surface area (Å²) in [6.45, 7) is 8.27. The van der Waals surface area contributed by atoms with Crippen molar-refractivity contribution in [3.8, 4) is 0 Å². The van der Waals surface area contributed by atoms with Gasteiger partial charge in [-0.1, -0.05) is 26.7 Å². The van der Waals surface area contributed by atoms with Crippen LogP contribution in [-0.4, -0.2) is 34.9 Å². The van der Waals surface area contributed by atoms with Gasteiger partial charge < -0.3 is 30.8 Å². The molecule has 0 aromatic carbocycles. The Hall–Kier alpha value is -1.67. The molecule has 1 heterocycles. The molecule has 1 rings (SSSR count). The van der Waals surface area contributed by atoms with Crippen LogP contribution in [-0.2, 0) is 31.2 Å². The van der Waals surface area contributed by atoms with Crippen LogP contribution < -0.4 is 5.43 Å². The minimum absolute atomic E-state index is 0. The van der Waals surface area contributed by atoms with Gasteiger partial charge in [-0.3, -0.25) is 19.3 Å². The number of hydrogen-bond acceptors (Lipinski definition) is 4. The standard InChI is InChI=1S/C13H19N3O3.C3H8.Co.5H2N/c1-10(2)14-15-11(17)6-4-3-5-9-16-12(18)7-8-13(16)19;1-3-2;;;;;;/h7-8H,3-6,9H2,1-2H3,(H,15,17);3H2,1-2H3;;5*1H2/q;;;5*-1. The third-order valence-electron chi connectivity index (χ3n) is 2.59. The van der Waals surface area contributed by atoms with Crippen LogP contribution >= 0.6 is 0 Å². The van der Waals surface area contributed by atoms with Crippen LogP contribution in [0.4, 0.5) is 0 Å². The fraction of sp³-hybridized carbons (Fsp3) is 0.625. The second kappa shape index (κ2) is 27.5. The van der Waals surface area contributed by atoms with E-state index in [1.165, 1.54) is 23.5 Å². The van der Waals surface area contributed by atoms with Gasteiger partial charge in [-0.2, -0.15) is 5.10 Å². The van der Waals surface area contributed by atoms with Crippen molar-refractivity contribution in [3.05, 3.63) is 42.9 Å². The van der Waals surface area contributed by atoms with E-state index in [-0.39, 0.29) is 65.3 Å². The van der Waals surface area contributed by atoms with Crippen molar-refractivity contribution >= 4 is 23.4 Å². The Labute approximate surface area is 179 Å². The molecule has 28 heavy (non-hydrogen) atoms. The van der Waals surface area contributed by atoms with Crippen molar-refractivity contribution in [1.82, 2.24) is 10.3 Å². The maximum atomic E-state index is 11.3. The zero-order valence-electron chi connectivity index (χ0n) is 17.2. The predicted molar refractivity (Wildman–Crippen MR) is 114 cm³/mol. The Balaban J connectivity index is -0.0000000920. The Morgan fingerprint density at radius 3 is 1.75 bits per heavy atom. The first-order valence-electron chi connectivity index (χ1n) is 7.75. The van der Waals surface area contributed by atoms with Crippen LogP contribution in [0.5, 0.6) is 0 Å². The molecule has 11 nitrogen and oxygen atoms in total. The van der Waals surface area contributed by atoms with Crippen LogP contribution in [0.15, 0.2) is 17.3 Å². The Morgan fingerprint density at radius 2 is 1.36 bits per heavy atom. The molecular weight excluding hydrogens is 411 g/mol. The van der Waals surface area contributed by atoms with Gasteiger partial charge in [0.15, 0.2) is 0 Å². The molecule has 0 saturated carbocycles. The third-order valence-corrected chi connectivity index (χ3v) is 2.59. The number of nitrogens with two attached hydrogens (primary N) is 5. The average Bonchev–Trinajstić information content (AvgIpc) is 2.77. The number of hydrogen-bond donors (Lipinski definition) is 1. The summed E-state index contributed by atoms with van der Waals surface area (Å²) in [6, 6.07) is 0. The molecule has 3 amide bonds. The molecule has 0 saturated heterocycles. The van der Waals surface area contributed by atoms with Gasteiger partial charge in [-0.15, -0.1) is 0 Å². The largest absolute Gasteiger partial charge is 0.693 e. The number of rotatable bonds is 7. The predicted octanol–water partition coefficient (Wildman–Crippen LogP) is 5.98. The summed E-state index contributed by atoms with van der Waals surface area (Å²) in [5.41, 5.74) is 3.25. The Bertz CT molecular complexity index is 437. The summed E-state index contributed by atoms with van der Waals surface area (Å²) in [5, 5.41) is 3.82. The molecule has 1 aliphatic heterocycles. The summed E-state index contributed by atoms with van der Waals surface area (Å²) in [5.74, 6) is -0.623. The summed E-state index contributed by atoms with van der Waals surface area (Å²) >= 11 is 0. The molecule has 1 aliphatic rings. The van der Waals surface area contributed by atoms with Crippen molar-refractivity contribution in [2.24, 2.45) is 5.10 Å². The van der Waals surface area contributed by atoms with Gasteiger partial charge in [-0.05, 0) is 26.7 Å². The minimum Gasteiger partial charge on any atom is -0.693 e. The fourth-order valence-corrected chi connectivity index (χ4v) is 1.61. The van der Waals surface area contributed by atoms with Crippen molar-refractivity contribution < 1.29 is 31.2 Å². The number of carbonyl (C=O) groups is 3. The van der Waals surface area contributed by atoms with E-state index in [2.05, 4.69) is 24.4 Å². The molecule has 1 radical (unpaired) electrons. The number of nitrogens with zero attached hydrogens (tertiary/aromatic N) is 2. The van der Waals surface area contributed by atoms with E-state index in [0.29, 0.717) is 25.8 Å². The number of nitrogens with one attached hydrogen (secondary N) is 1. The summed E-state index contributed by atoms with van der Waals surface area (Å²) in [4.78, 5) is 35.0. The van der Waals surface area contributed by atoms with Crippen molar-refractivity contribution in [2.75, 3.05) is 6.54 Å². The van der Waals surface area contributed by atoms with Crippen molar-refractivity contribution in [2.45, 2.75) is 59.8 Å². The van der Waals surface area contributed by atoms with Gasteiger partial charge in [0.1, 0.15) is 0 Å². The normalized spacial score (nSPS) is 10.1. The van der Waals surface area contributed by atoms with Crippen LogP contribution in [0.3, 0.4) is 0 Å². The number of hydrazone groups is 1. The molecule has 0 aromatic rings. The van der Waals surface area contributed by atoms with Crippen LogP contribution in [0, 0.1) is 0 Å². The molecule has 0 unspecified atom stereocenters. The van der Waals surface area contributed by atoms with Crippen LogP contribution in [0.1, 0.15) is 59.8 Å². The third kappa shape index (κ3) is 22.4.